The fraction of sp³-hybridized carbons (Fsp3) is 0.500. The van der Waals surface area contributed by atoms with Crippen LogP contribution in [0, 0.1) is 0 Å². The topological polar surface area (TPSA) is 18.5 Å². The van der Waals surface area contributed by atoms with Gasteiger partial charge in [0.15, 0.2) is 0 Å². The van der Waals surface area contributed by atoms with E-state index < -0.39 is 0 Å². The molecule has 1 heterocycles. The van der Waals surface area contributed by atoms with E-state index in [-0.39, 0.29) is 0 Å². The number of rotatable bonds is 4. The first-order chi connectivity index (χ1) is 6.90. The molecule has 1 aliphatic rings. The highest BCUT2D eigenvalue weighted by molar-refractivity contribution is 5.29. The molecule has 2 rings (SSSR count). The fourth-order valence-corrected chi connectivity index (χ4v) is 1.50. The third-order valence-corrected chi connectivity index (χ3v) is 2.42. The van der Waals surface area contributed by atoms with Crippen LogP contribution >= 0.6 is 0 Å². The quantitative estimate of drug-likeness (QED) is 0.730. The van der Waals surface area contributed by atoms with E-state index in [0.717, 1.165) is 31.8 Å². The van der Waals surface area contributed by atoms with E-state index in [4.69, 9.17) is 9.47 Å². The number of benzene rings is 1. The molecule has 1 aromatic carbocycles. The SMILES string of the molecule is CCCOc1ccc(C2CCO2)cc1. The molecular weight excluding hydrogens is 176 g/mol. The third-order valence-electron chi connectivity index (χ3n) is 2.42. The van der Waals surface area contributed by atoms with E-state index >= 15 is 0 Å². The van der Waals surface area contributed by atoms with Crippen LogP contribution in [0.4, 0.5) is 0 Å². The molecule has 0 N–H and O–H groups in total. The smallest absolute Gasteiger partial charge is 0.119 e. The van der Waals surface area contributed by atoms with Gasteiger partial charge in [0, 0.05) is 6.42 Å². The second-order valence-electron chi connectivity index (χ2n) is 3.57. The predicted octanol–water partition coefficient (Wildman–Crippen LogP) is 2.94. The van der Waals surface area contributed by atoms with Crippen molar-refractivity contribution in [3.63, 3.8) is 0 Å². The summed E-state index contributed by atoms with van der Waals surface area (Å²) in [6.45, 7) is 3.80. The third kappa shape index (κ3) is 2.07. The number of ether oxygens (including phenoxy) is 2. The van der Waals surface area contributed by atoms with Gasteiger partial charge in [-0.2, -0.15) is 0 Å². The van der Waals surface area contributed by atoms with Crippen molar-refractivity contribution in [3.05, 3.63) is 29.8 Å². The second kappa shape index (κ2) is 4.47. The molecule has 1 aliphatic heterocycles. The maximum Gasteiger partial charge on any atom is 0.119 e. The van der Waals surface area contributed by atoms with Gasteiger partial charge in [-0.05, 0) is 24.1 Å². The molecule has 0 aliphatic carbocycles. The van der Waals surface area contributed by atoms with Gasteiger partial charge in [0.1, 0.15) is 5.75 Å². The van der Waals surface area contributed by atoms with Gasteiger partial charge < -0.3 is 9.47 Å². The zero-order valence-corrected chi connectivity index (χ0v) is 8.53. The minimum atomic E-state index is 0.329. The van der Waals surface area contributed by atoms with Crippen molar-refractivity contribution in [2.75, 3.05) is 13.2 Å². The van der Waals surface area contributed by atoms with Crippen molar-refractivity contribution in [2.45, 2.75) is 25.9 Å². The van der Waals surface area contributed by atoms with Gasteiger partial charge in [-0.25, -0.2) is 0 Å². The summed E-state index contributed by atoms with van der Waals surface area (Å²) in [7, 11) is 0. The minimum Gasteiger partial charge on any atom is -0.494 e. The summed E-state index contributed by atoms with van der Waals surface area (Å²) in [5, 5.41) is 0. The summed E-state index contributed by atoms with van der Waals surface area (Å²) in [4.78, 5) is 0. The Labute approximate surface area is 84.8 Å². The van der Waals surface area contributed by atoms with E-state index in [0.29, 0.717) is 6.10 Å². The number of hydrogen-bond donors (Lipinski definition) is 0. The van der Waals surface area contributed by atoms with Crippen LogP contribution in [0.25, 0.3) is 0 Å². The summed E-state index contributed by atoms with van der Waals surface area (Å²) in [6.07, 6.45) is 2.53. The maximum absolute atomic E-state index is 5.50. The van der Waals surface area contributed by atoms with E-state index in [2.05, 4.69) is 19.1 Å². The van der Waals surface area contributed by atoms with Crippen LogP contribution in [0.2, 0.25) is 0 Å². The Bertz CT molecular complexity index is 275. The van der Waals surface area contributed by atoms with Crippen LogP contribution in [0.15, 0.2) is 24.3 Å². The molecule has 1 atom stereocenters. The standard InChI is InChI=1S/C12H16O2/c1-2-8-13-11-5-3-10(4-6-11)12-7-9-14-12/h3-6,12H,2,7-9H2,1H3. The molecule has 0 bridgehead atoms. The highest BCUT2D eigenvalue weighted by Gasteiger charge is 2.19. The van der Waals surface area contributed by atoms with Crippen LogP contribution in [-0.4, -0.2) is 13.2 Å². The van der Waals surface area contributed by atoms with E-state index in [1.807, 2.05) is 12.1 Å². The summed E-state index contributed by atoms with van der Waals surface area (Å²) in [5.74, 6) is 0.954. The van der Waals surface area contributed by atoms with E-state index in [9.17, 15) is 0 Å². The number of hydrogen-bond acceptors (Lipinski definition) is 2. The Hall–Kier alpha value is -1.02. The molecule has 0 spiro atoms. The van der Waals surface area contributed by atoms with Crippen molar-refractivity contribution in [1.29, 1.82) is 0 Å². The first-order valence-electron chi connectivity index (χ1n) is 5.24. The molecular formula is C12H16O2. The predicted molar refractivity (Wildman–Crippen MR) is 55.5 cm³/mol. The van der Waals surface area contributed by atoms with Gasteiger partial charge in [0.05, 0.1) is 19.3 Å². The molecule has 1 aromatic rings. The average molecular weight is 192 g/mol. The zero-order chi connectivity index (χ0) is 9.80. The summed E-state index contributed by atoms with van der Waals surface area (Å²) >= 11 is 0. The fourth-order valence-electron chi connectivity index (χ4n) is 1.50. The van der Waals surface area contributed by atoms with Gasteiger partial charge in [-0.3, -0.25) is 0 Å². The van der Waals surface area contributed by atoms with Crippen molar-refractivity contribution in [3.8, 4) is 5.75 Å². The van der Waals surface area contributed by atoms with Gasteiger partial charge >= 0.3 is 0 Å². The molecule has 1 fully saturated rings. The zero-order valence-electron chi connectivity index (χ0n) is 8.53. The van der Waals surface area contributed by atoms with Gasteiger partial charge in [-0.15, -0.1) is 0 Å². The summed E-state index contributed by atoms with van der Waals surface area (Å²) in [5.41, 5.74) is 1.26. The lowest BCUT2D eigenvalue weighted by molar-refractivity contribution is -0.0527. The van der Waals surface area contributed by atoms with E-state index in [1.54, 1.807) is 0 Å². The normalized spacial score (nSPS) is 20.2. The van der Waals surface area contributed by atoms with Crippen molar-refractivity contribution in [1.82, 2.24) is 0 Å². The second-order valence-corrected chi connectivity index (χ2v) is 3.57. The Morgan fingerprint density at radius 2 is 2.07 bits per heavy atom. The van der Waals surface area contributed by atoms with Crippen LogP contribution in [0.5, 0.6) is 5.75 Å². The maximum atomic E-state index is 5.50. The molecule has 1 saturated heterocycles. The van der Waals surface area contributed by atoms with Crippen LogP contribution in [-0.2, 0) is 4.74 Å². The molecule has 76 valence electrons. The molecule has 1 unspecified atom stereocenters. The van der Waals surface area contributed by atoms with Crippen LogP contribution in [0.1, 0.15) is 31.4 Å². The lowest BCUT2D eigenvalue weighted by atomic mass is 10.0. The lowest BCUT2D eigenvalue weighted by Crippen LogP contribution is -2.17. The largest absolute Gasteiger partial charge is 0.494 e. The Balaban J connectivity index is 1.95. The van der Waals surface area contributed by atoms with Crippen molar-refractivity contribution >= 4 is 0 Å². The van der Waals surface area contributed by atoms with Gasteiger partial charge in [0.25, 0.3) is 0 Å². The Morgan fingerprint density at radius 1 is 1.36 bits per heavy atom. The summed E-state index contributed by atoms with van der Waals surface area (Å²) < 4.78 is 10.9. The van der Waals surface area contributed by atoms with Gasteiger partial charge in [0.2, 0.25) is 0 Å². The van der Waals surface area contributed by atoms with Gasteiger partial charge in [-0.1, -0.05) is 19.1 Å². The minimum absolute atomic E-state index is 0.329. The molecule has 14 heavy (non-hydrogen) atoms. The van der Waals surface area contributed by atoms with Crippen molar-refractivity contribution < 1.29 is 9.47 Å². The Kier molecular flexibility index (Phi) is 3.04. The highest BCUT2D eigenvalue weighted by atomic mass is 16.5. The van der Waals surface area contributed by atoms with Crippen molar-refractivity contribution in [2.24, 2.45) is 0 Å². The van der Waals surface area contributed by atoms with Crippen LogP contribution < -0.4 is 4.74 Å². The molecule has 0 saturated carbocycles. The first-order valence-corrected chi connectivity index (χ1v) is 5.24. The first kappa shape index (κ1) is 9.53. The molecule has 2 nitrogen and oxygen atoms in total. The molecule has 0 aromatic heterocycles. The molecule has 0 radical (unpaired) electrons. The van der Waals surface area contributed by atoms with Crippen LogP contribution in [0.3, 0.4) is 0 Å². The van der Waals surface area contributed by atoms with E-state index in [1.165, 1.54) is 5.56 Å². The average Bonchev–Trinajstić information content (AvgIpc) is 2.14. The molecule has 0 amide bonds. The summed E-state index contributed by atoms with van der Waals surface area (Å²) in [6, 6.07) is 8.23. The Morgan fingerprint density at radius 3 is 2.57 bits per heavy atom. The molecule has 2 heteroatoms. The lowest BCUT2D eigenvalue weighted by Gasteiger charge is -2.26. The highest BCUT2D eigenvalue weighted by Crippen LogP contribution is 2.30. The monoisotopic (exact) mass is 192 g/mol.